The second kappa shape index (κ2) is 9.04. The summed E-state index contributed by atoms with van der Waals surface area (Å²) in [5.41, 5.74) is 4.28. The lowest BCUT2D eigenvalue weighted by Gasteiger charge is -2.30. The van der Waals surface area contributed by atoms with Gasteiger partial charge in [-0.3, -0.25) is 9.69 Å². The molecule has 0 bridgehead atoms. The smallest absolute Gasteiger partial charge is 0.280 e. The van der Waals surface area contributed by atoms with E-state index in [1.807, 2.05) is 24.3 Å². The quantitative estimate of drug-likeness (QED) is 0.459. The number of fused-ring (bicyclic) bond motifs is 2. The monoisotopic (exact) mass is 456 g/mol. The predicted molar refractivity (Wildman–Crippen MR) is 130 cm³/mol. The molecule has 1 fully saturated rings. The van der Waals surface area contributed by atoms with Gasteiger partial charge in [0, 0.05) is 44.8 Å². The normalized spacial score (nSPS) is 16.6. The van der Waals surface area contributed by atoms with E-state index in [1.54, 1.807) is 0 Å². The lowest BCUT2D eigenvalue weighted by atomic mass is 10.0. The zero-order valence-corrected chi connectivity index (χ0v) is 19.1. The van der Waals surface area contributed by atoms with Crippen LogP contribution in [0.1, 0.15) is 22.4 Å². The standard InChI is InChI=1S/C26H28N6O2/c33-24-22-19-29(17-20-7-3-1-4-8-20)12-11-23(22)31(18-21-9-5-2-6-10-21)26-27-25(28-32(24)26)30-13-15-34-16-14-30/h1-10H,11-19H2. The first kappa shape index (κ1) is 21.1. The number of rotatable bonds is 5. The highest BCUT2D eigenvalue weighted by molar-refractivity contribution is 5.44. The molecule has 0 saturated carbocycles. The van der Waals surface area contributed by atoms with Crippen molar-refractivity contribution in [1.82, 2.24) is 24.1 Å². The molecule has 0 N–H and O–H groups in total. The van der Waals surface area contributed by atoms with Crippen molar-refractivity contribution in [3.8, 4) is 0 Å². The fourth-order valence-electron chi connectivity index (χ4n) is 4.96. The Balaban J connectivity index is 1.43. The fourth-order valence-corrected chi connectivity index (χ4v) is 4.96. The number of anilines is 1. The summed E-state index contributed by atoms with van der Waals surface area (Å²) in [4.78, 5) is 23.0. The molecule has 0 unspecified atom stereocenters. The zero-order chi connectivity index (χ0) is 22.9. The Morgan fingerprint density at radius 1 is 0.853 bits per heavy atom. The number of hydrogen-bond acceptors (Lipinski definition) is 6. The van der Waals surface area contributed by atoms with Crippen LogP contribution in [0.25, 0.3) is 5.78 Å². The minimum atomic E-state index is -0.0564. The molecule has 0 spiro atoms. The van der Waals surface area contributed by atoms with Crippen LogP contribution >= 0.6 is 0 Å². The Kier molecular flexibility index (Phi) is 5.60. The molecule has 0 aliphatic carbocycles. The van der Waals surface area contributed by atoms with Gasteiger partial charge in [-0.15, -0.1) is 5.10 Å². The van der Waals surface area contributed by atoms with Crippen LogP contribution in [-0.2, 0) is 30.8 Å². The van der Waals surface area contributed by atoms with Crippen LogP contribution in [0.15, 0.2) is 65.5 Å². The Morgan fingerprint density at radius 2 is 1.53 bits per heavy atom. The van der Waals surface area contributed by atoms with Crippen molar-refractivity contribution in [2.75, 3.05) is 37.7 Å². The molecule has 8 nitrogen and oxygen atoms in total. The summed E-state index contributed by atoms with van der Waals surface area (Å²) in [5.74, 6) is 1.22. The average molecular weight is 457 g/mol. The Hall–Kier alpha value is -3.49. The van der Waals surface area contributed by atoms with E-state index in [9.17, 15) is 4.79 Å². The van der Waals surface area contributed by atoms with Crippen molar-refractivity contribution < 1.29 is 4.74 Å². The van der Waals surface area contributed by atoms with Gasteiger partial charge in [0.2, 0.25) is 11.7 Å². The molecule has 2 aromatic heterocycles. The van der Waals surface area contributed by atoms with Gasteiger partial charge < -0.3 is 14.2 Å². The molecule has 2 aromatic carbocycles. The first-order valence-corrected chi connectivity index (χ1v) is 11.9. The van der Waals surface area contributed by atoms with E-state index in [0.717, 1.165) is 43.9 Å². The Bertz CT molecular complexity index is 1340. The van der Waals surface area contributed by atoms with Crippen molar-refractivity contribution in [1.29, 1.82) is 0 Å². The molecule has 1 saturated heterocycles. The maximum Gasteiger partial charge on any atom is 0.280 e. The third-order valence-electron chi connectivity index (χ3n) is 6.72. The highest BCUT2D eigenvalue weighted by atomic mass is 16.5. The second-order valence-electron chi connectivity index (χ2n) is 8.97. The summed E-state index contributed by atoms with van der Waals surface area (Å²) in [6.45, 7) is 5.75. The summed E-state index contributed by atoms with van der Waals surface area (Å²) in [6.07, 6.45) is 0.806. The van der Waals surface area contributed by atoms with Gasteiger partial charge in [-0.1, -0.05) is 60.7 Å². The number of benzene rings is 2. The highest BCUT2D eigenvalue weighted by Gasteiger charge is 2.27. The molecule has 34 heavy (non-hydrogen) atoms. The average Bonchev–Trinajstić information content (AvgIpc) is 3.34. The van der Waals surface area contributed by atoms with Crippen LogP contribution in [0.4, 0.5) is 5.95 Å². The maximum absolute atomic E-state index is 13.6. The molecule has 174 valence electrons. The van der Waals surface area contributed by atoms with Crippen molar-refractivity contribution in [2.45, 2.75) is 26.1 Å². The molecule has 0 atom stereocenters. The van der Waals surface area contributed by atoms with Crippen LogP contribution in [0.5, 0.6) is 0 Å². The summed E-state index contributed by atoms with van der Waals surface area (Å²) in [7, 11) is 0. The van der Waals surface area contributed by atoms with Crippen molar-refractivity contribution in [3.63, 3.8) is 0 Å². The topological polar surface area (TPSA) is 67.9 Å². The molecule has 0 amide bonds. The molecule has 6 rings (SSSR count). The van der Waals surface area contributed by atoms with Gasteiger partial charge >= 0.3 is 0 Å². The minimum absolute atomic E-state index is 0.0564. The number of morpholine rings is 1. The Labute approximate surface area is 198 Å². The van der Waals surface area contributed by atoms with Gasteiger partial charge in [0.1, 0.15) is 0 Å². The van der Waals surface area contributed by atoms with Crippen LogP contribution in [0.2, 0.25) is 0 Å². The molecule has 2 aliphatic heterocycles. The van der Waals surface area contributed by atoms with Gasteiger partial charge in [-0.25, -0.2) is 0 Å². The van der Waals surface area contributed by atoms with Gasteiger partial charge in [0.25, 0.3) is 5.56 Å². The minimum Gasteiger partial charge on any atom is -0.378 e. The number of hydrogen-bond donors (Lipinski definition) is 0. The van der Waals surface area contributed by atoms with E-state index in [-0.39, 0.29) is 5.56 Å². The van der Waals surface area contributed by atoms with E-state index in [0.29, 0.717) is 38.0 Å². The SMILES string of the molecule is O=c1c2c(n(Cc3ccccc3)c3nc(N4CCOCC4)nn13)CCN(Cc1ccccc1)C2. The molecule has 0 radical (unpaired) electrons. The molecular formula is C26H28N6O2. The Morgan fingerprint density at radius 3 is 2.24 bits per heavy atom. The molecule has 4 aromatic rings. The molecule has 4 heterocycles. The third-order valence-corrected chi connectivity index (χ3v) is 6.72. The predicted octanol–water partition coefficient (Wildman–Crippen LogP) is 2.33. The largest absolute Gasteiger partial charge is 0.378 e. The van der Waals surface area contributed by atoms with E-state index >= 15 is 0 Å². The first-order chi connectivity index (χ1) is 16.8. The summed E-state index contributed by atoms with van der Waals surface area (Å²) >= 11 is 0. The number of aromatic nitrogens is 4. The number of ether oxygens (including phenoxy) is 1. The van der Waals surface area contributed by atoms with Crippen molar-refractivity contribution in [3.05, 3.63) is 93.4 Å². The zero-order valence-electron chi connectivity index (χ0n) is 19.1. The van der Waals surface area contributed by atoms with Crippen LogP contribution in [-0.4, -0.2) is 56.9 Å². The van der Waals surface area contributed by atoms with Gasteiger partial charge in [-0.2, -0.15) is 9.50 Å². The fraction of sp³-hybridized carbons (Fsp3) is 0.346. The van der Waals surface area contributed by atoms with E-state index in [1.165, 1.54) is 15.6 Å². The van der Waals surface area contributed by atoms with Crippen LogP contribution in [0.3, 0.4) is 0 Å². The maximum atomic E-state index is 13.6. The second-order valence-corrected chi connectivity index (χ2v) is 8.97. The lowest BCUT2D eigenvalue weighted by molar-refractivity contribution is 0.122. The number of nitrogens with zero attached hydrogens (tertiary/aromatic N) is 6. The van der Waals surface area contributed by atoms with Crippen molar-refractivity contribution in [2.24, 2.45) is 0 Å². The van der Waals surface area contributed by atoms with E-state index in [2.05, 4.69) is 55.9 Å². The van der Waals surface area contributed by atoms with Crippen LogP contribution < -0.4 is 10.5 Å². The van der Waals surface area contributed by atoms with Gasteiger partial charge in [0.15, 0.2) is 0 Å². The van der Waals surface area contributed by atoms with Gasteiger partial charge in [0.05, 0.1) is 25.3 Å². The van der Waals surface area contributed by atoms with Crippen molar-refractivity contribution >= 4 is 11.7 Å². The van der Waals surface area contributed by atoms with Crippen LogP contribution in [0, 0.1) is 0 Å². The highest BCUT2D eigenvalue weighted by Crippen LogP contribution is 2.22. The molecule has 8 heteroatoms. The summed E-state index contributed by atoms with van der Waals surface area (Å²) in [5, 5.41) is 4.68. The van der Waals surface area contributed by atoms with E-state index in [4.69, 9.17) is 9.72 Å². The molecule has 2 aliphatic rings. The molecular weight excluding hydrogens is 428 g/mol. The summed E-state index contributed by atoms with van der Waals surface area (Å²) < 4.78 is 9.20. The van der Waals surface area contributed by atoms with Gasteiger partial charge in [-0.05, 0) is 11.1 Å². The third kappa shape index (κ3) is 3.99. The van der Waals surface area contributed by atoms with E-state index < -0.39 is 0 Å². The lowest BCUT2D eigenvalue weighted by Crippen LogP contribution is -2.38. The summed E-state index contributed by atoms with van der Waals surface area (Å²) in [6, 6.07) is 20.8. The first-order valence-electron chi connectivity index (χ1n) is 11.9.